The molecule has 1 aromatic heterocycles. The Morgan fingerprint density at radius 3 is 2.89 bits per heavy atom. The molecular formula is C14H16N2O3. The van der Waals surface area contributed by atoms with Crippen molar-refractivity contribution < 1.29 is 14.6 Å². The molecule has 19 heavy (non-hydrogen) atoms. The highest BCUT2D eigenvalue weighted by Gasteiger charge is 2.16. The molecule has 1 N–H and O–H groups in total. The van der Waals surface area contributed by atoms with Crippen LogP contribution in [0.5, 0.6) is 5.75 Å². The van der Waals surface area contributed by atoms with Gasteiger partial charge >= 0.3 is 5.97 Å². The SMILES string of the molecule is CCCn1cc(-c2cccc(C(=O)O)c2OC)cn1. The summed E-state index contributed by atoms with van der Waals surface area (Å²) in [6, 6.07) is 5.07. The van der Waals surface area contributed by atoms with Crippen LogP contribution < -0.4 is 4.74 Å². The van der Waals surface area contributed by atoms with Gasteiger partial charge in [-0.2, -0.15) is 5.10 Å². The zero-order valence-corrected chi connectivity index (χ0v) is 11.0. The average Bonchev–Trinajstić information content (AvgIpc) is 2.86. The van der Waals surface area contributed by atoms with Crippen molar-refractivity contribution in [1.82, 2.24) is 9.78 Å². The number of hydrogen-bond acceptors (Lipinski definition) is 3. The molecule has 1 heterocycles. The van der Waals surface area contributed by atoms with Crippen molar-refractivity contribution in [1.29, 1.82) is 0 Å². The van der Waals surface area contributed by atoms with Crippen LogP contribution in [0.15, 0.2) is 30.6 Å². The highest BCUT2D eigenvalue weighted by Crippen LogP contribution is 2.32. The Bertz CT molecular complexity index is 590. The van der Waals surface area contributed by atoms with Gasteiger partial charge in [-0.1, -0.05) is 19.1 Å². The van der Waals surface area contributed by atoms with E-state index in [1.165, 1.54) is 13.2 Å². The number of carbonyl (C=O) groups is 1. The van der Waals surface area contributed by atoms with Crippen LogP contribution in [0.25, 0.3) is 11.1 Å². The van der Waals surface area contributed by atoms with Crippen molar-refractivity contribution in [3.8, 4) is 16.9 Å². The lowest BCUT2D eigenvalue weighted by molar-refractivity contribution is 0.0693. The monoisotopic (exact) mass is 260 g/mol. The number of carboxylic acids is 1. The van der Waals surface area contributed by atoms with Crippen LogP contribution in [0.4, 0.5) is 0 Å². The molecule has 0 aliphatic carbocycles. The second-order valence-electron chi connectivity index (χ2n) is 4.18. The fourth-order valence-electron chi connectivity index (χ4n) is 2.01. The van der Waals surface area contributed by atoms with Gasteiger partial charge in [0, 0.05) is 23.9 Å². The van der Waals surface area contributed by atoms with Crippen LogP contribution in [0, 0.1) is 0 Å². The molecule has 0 bridgehead atoms. The molecule has 0 saturated carbocycles. The molecule has 0 radical (unpaired) electrons. The molecular weight excluding hydrogens is 244 g/mol. The Hall–Kier alpha value is -2.30. The van der Waals surface area contributed by atoms with Gasteiger partial charge in [0.15, 0.2) is 0 Å². The third-order valence-corrected chi connectivity index (χ3v) is 2.85. The van der Waals surface area contributed by atoms with E-state index in [2.05, 4.69) is 12.0 Å². The number of methoxy groups -OCH3 is 1. The molecule has 0 aliphatic rings. The van der Waals surface area contributed by atoms with Crippen molar-refractivity contribution in [3.05, 3.63) is 36.2 Å². The number of rotatable bonds is 5. The molecule has 5 nitrogen and oxygen atoms in total. The number of aromatic carboxylic acids is 1. The van der Waals surface area contributed by atoms with E-state index in [9.17, 15) is 4.79 Å². The van der Waals surface area contributed by atoms with E-state index in [1.54, 1.807) is 12.3 Å². The fraction of sp³-hybridized carbons (Fsp3) is 0.286. The predicted molar refractivity (Wildman–Crippen MR) is 71.5 cm³/mol. The summed E-state index contributed by atoms with van der Waals surface area (Å²) in [5, 5.41) is 13.4. The first-order valence-electron chi connectivity index (χ1n) is 6.10. The van der Waals surface area contributed by atoms with Gasteiger partial charge in [0.25, 0.3) is 0 Å². The van der Waals surface area contributed by atoms with Gasteiger partial charge in [-0.15, -0.1) is 0 Å². The summed E-state index contributed by atoms with van der Waals surface area (Å²) in [6.07, 6.45) is 4.61. The lowest BCUT2D eigenvalue weighted by Gasteiger charge is -2.09. The number of hydrogen-bond donors (Lipinski definition) is 1. The topological polar surface area (TPSA) is 64.4 Å². The van der Waals surface area contributed by atoms with Crippen LogP contribution in [-0.2, 0) is 6.54 Å². The van der Waals surface area contributed by atoms with Crippen molar-refractivity contribution >= 4 is 5.97 Å². The number of nitrogens with zero attached hydrogens (tertiary/aromatic N) is 2. The van der Waals surface area contributed by atoms with E-state index in [4.69, 9.17) is 9.84 Å². The van der Waals surface area contributed by atoms with Crippen molar-refractivity contribution in [2.24, 2.45) is 0 Å². The Balaban J connectivity index is 2.48. The molecule has 5 heteroatoms. The normalized spacial score (nSPS) is 10.4. The van der Waals surface area contributed by atoms with E-state index >= 15 is 0 Å². The fourth-order valence-corrected chi connectivity index (χ4v) is 2.01. The summed E-state index contributed by atoms with van der Waals surface area (Å²) in [5.74, 6) is -0.634. The van der Waals surface area contributed by atoms with Crippen LogP contribution in [-0.4, -0.2) is 28.0 Å². The maximum Gasteiger partial charge on any atom is 0.339 e. The highest BCUT2D eigenvalue weighted by molar-refractivity contribution is 5.94. The summed E-state index contributed by atoms with van der Waals surface area (Å²) in [4.78, 5) is 11.2. The number of benzene rings is 1. The van der Waals surface area contributed by atoms with Gasteiger partial charge in [0.2, 0.25) is 0 Å². The van der Waals surface area contributed by atoms with Crippen molar-refractivity contribution in [3.63, 3.8) is 0 Å². The third kappa shape index (κ3) is 2.59. The molecule has 1 aromatic carbocycles. The zero-order chi connectivity index (χ0) is 13.8. The highest BCUT2D eigenvalue weighted by atomic mass is 16.5. The largest absolute Gasteiger partial charge is 0.495 e. The molecule has 0 unspecified atom stereocenters. The molecule has 0 atom stereocenters. The Morgan fingerprint density at radius 1 is 1.47 bits per heavy atom. The minimum atomic E-state index is -1.00. The predicted octanol–water partition coefficient (Wildman–Crippen LogP) is 2.67. The van der Waals surface area contributed by atoms with Crippen LogP contribution in [0.2, 0.25) is 0 Å². The smallest absolute Gasteiger partial charge is 0.339 e. The lowest BCUT2D eigenvalue weighted by atomic mass is 10.0. The summed E-state index contributed by atoms with van der Waals surface area (Å²) >= 11 is 0. The number of ether oxygens (including phenoxy) is 1. The molecule has 0 spiro atoms. The first-order chi connectivity index (χ1) is 9.17. The van der Waals surface area contributed by atoms with E-state index in [-0.39, 0.29) is 5.56 Å². The second-order valence-corrected chi connectivity index (χ2v) is 4.18. The second kappa shape index (κ2) is 5.56. The Labute approximate surface area is 111 Å². The minimum Gasteiger partial charge on any atom is -0.495 e. The van der Waals surface area contributed by atoms with Crippen LogP contribution in [0.1, 0.15) is 23.7 Å². The average molecular weight is 260 g/mol. The van der Waals surface area contributed by atoms with Gasteiger partial charge in [-0.3, -0.25) is 4.68 Å². The molecule has 2 aromatic rings. The molecule has 0 aliphatic heterocycles. The van der Waals surface area contributed by atoms with Crippen LogP contribution in [0.3, 0.4) is 0 Å². The quantitative estimate of drug-likeness (QED) is 0.897. The minimum absolute atomic E-state index is 0.156. The van der Waals surface area contributed by atoms with E-state index in [0.717, 1.165) is 24.1 Å². The number of aryl methyl sites for hydroxylation is 1. The summed E-state index contributed by atoms with van der Waals surface area (Å²) in [5.41, 5.74) is 1.75. The Morgan fingerprint density at radius 2 is 2.26 bits per heavy atom. The molecule has 0 fully saturated rings. The molecule has 2 rings (SSSR count). The van der Waals surface area contributed by atoms with Gasteiger partial charge in [0.1, 0.15) is 11.3 Å². The van der Waals surface area contributed by atoms with E-state index in [0.29, 0.717) is 5.75 Å². The molecule has 0 amide bonds. The first-order valence-corrected chi connectivity index (χ1v) is 6.10. The zero-order valence-electron chi connectivity index (χ0n) is 11.0. The molecule has 100 valence electrons. The van der Waals surface area contributed by atoms with E-state index < -0.39 is 5.97 Å². The van der Waals surface area contributed by atoms with E-state index in [1.807, 2.05) is 16.9 Å². The number of para-hydroxylation sites is 1. The number of carboxylic acid groups (broad SMARTS) is 1. The summed E-state index contributed by atoms with van der Waals surface area (Å²) in [6.45, 7) is 2.91. The maximum absolute atomic E-state index is 11.2. The summed E-state index contributed by atoms with van der Waals surface area (Å²) < 4.78 is 7.08. The van der Waals surface area contributed by atoms with Gasteiger partial charge in [-0.25, -0.2) is 4.79 Å². The summed E-state index contributed by atoms with van der Waals surface area (Å²) in [7, 11) is 1.47. The van der Waals surface area contributed by atoms with Crippen molar-refractivity contribution in [2.45, 2.75) is 19.9 Å². The maximum atomic E-state index is 11.2. The number of aromatic nitrogens is 2. The first kappa shape index (κ1) is 13.1. The van der Waals surface area contributed by atoms with Gasteiger partial charge < -0.3 is 9.84 Å². The molecule has 0 saturated heterocycles. The lowest BCUT2D eigenvalue weighted by Crippen LogP contribution is -2.01. The third-order valence-electron chi connectivity index (χ3n) is 2.85. The van der Waals surface area contributed by atoms with Gasteiger partial charge in [0.05, 0.1) is 13.3 Å². The standard InChI is InChI=1S/C14H16N2O3/c1-3-7-16-9-10(8-15-16)11-5-4-6-12(14(17)18)13(11)19-2/h4-6,8-9H,3,7H2,1-2H3,(H,17,18). The van der Waals surface area contributed by atoms with Crippen molar-refractivity contribution in [2.75, 3.05) is 7.11 Å². The Kier molecular flexibility index (Phi) is 3.85. The van der Waals surface area contributed by atoms with Gasteiger partial charge in [-0.05, 0) is 12.5 Å². The van der Waals surface area contributed by atoms with Crippen LogP contribution >= 0.6 is 0 Å².